The zero-order valence-corrected chi connectivity index (χ0v) is 14.8. The summed E-state index contributed by atoms with van der Waals surface area (Å²) < 4.78 is 13.5. The summed E-state index contributed by atoms with van der Waals surface area (Å²) in [5, 5.41) is 0. The van der Waals surface area contributed by atoms with Crippen LogP contribution in [0.1, 0.15) is 11.1 Å². The first-order valence-corrected chi connectivity index (χ1v) is 8.63. The highest BCUT2D eigenvalue weighted by atomic mass is 16.6. The molecule has 1 aliphatic heterocycles. The highest BCUT2D eigenvalue weighted by Gasteiger charge is 2.23. The summed E-state index contributed by atoms with van der Waals surface area (Å²) in [5.74, 6) is 0.837. The molecule has 0 aliphatic carbocycles. The maximum absolute atomic E-state index is 11.3. The second-order valence-electron chi connectivity index (χ2n) is 6.60. The summed E-state index contributed by atoms with van der Waals surface area (Å²) in [6.45, 7) is 5.17. The highest BCUT2D eigenvalue weighted by molar-refractivity contribution is 5.66. The molecule has 0 N–H and O–H groups in total. The Balaban J connectivity index is 1.44. The van der Waals surface area contributed by atoms with Gasteiger partial charge in [-0.25, -0.2) is 0 Å². The number of ether oxygens (including phenoxy) is 2. The van der Waals surface area contributed by atoms with E-state index in [0.717, 1.165) is 11.3 Å². The molecule has 0 amide bonds. The van der Waals surface area contributed by atoms with Crippen LogP contribution in [0.4, 0.5) is 0 Å². The fourth-order valence-corrected chi connectivity index (χ4v) is 3.14. The number of aromatic nitrogens is 2. The zero-order valence-electron chi connectivity index (χ0n) is 14.8. The van der Waals surface area contributed by atoms with Crippen molar-refractivity contribution in [1.29, 1.82) is 0 Å². The third kappa shape index (κ3) is 3.33. The monoisotopic (exact) mass is 348 g/mol. The molecule has 132 valence electrons. The number of hydrogen-bond donors (Lipinski definition) is 0. The Hall–Kier alpha value is -3.08. The van der Waals surface area contributed by atoms with Crippen molar-refractivity contribution in [3.05, 3.63) is 76.2 Å². The molecule has 2 aromatic carbocycles. The molecule has 3 aromatic rings. The van der Waals surface area contributed by atoms with Gasteiger partial charge in [0.1, 0.15) is 12.4 Å². The van der Waals surface area contributed by atoms with E-state index in [0.29, 0.717) is 19.2 Å². The Morgan fingerprint density at radius 1 is 1.15 bits per heavy atom. The van der Waals surface area contributed by atoms with Crippen LogP contribution in [-0.2, 0) is 6.54 Å². The van der Waals surface area contributed by atoms with Crippen molar-refractivity contribution in [2.24, 2.45) is 0 Å². The number of fused-ring (bicyclic) bond motifs is 1. The lowest BCUT2D eigenvalue weighted by Crippen LogP contribution is -2.23. The van der Waals surface area contributed by atoms with Crippen molar-refractivity contribution in [1.82, 2.24) is 9.55 Å². The SMILES string of the molecule is Cc1cccc(-c2ccc(OCC3Cn4ccc(=O)nc4O3)c(C)c2)c1. The van der Waals surface area contributed by atoms with Gasteiger partial charge < -0.3 is 9.47 Å². The average Bonchev–Trinajstić information content (AvgIpc) is 3.02. The van der Waals surface area contributed by atoms with Crippen LogP contribution in [0.15, 0.2) is 59.5 Å². The van der Waals surface area contributed by atoms with E-state index in [4.69, 9.17) is 9.47 Å². The molecule has 0 radical (unpaired) electrons. The molecular formula is C21H20N2O3. The van der Waals surface area contributed by atoms with E-state index in [1.165, 1.54) is 22.8 Å². The topological polar surface area (TPSA) is 53.4 Å². The molecule has 26 heavy (non-hydrogen) atoms. The maximum atomic E-state index is 11.3. The van der Waals surface area contributed by atoms with Crippen molar-refractivity contribution < 1.29 is 9.47 Å². The van der Waals surface area contributed by atoms with Gasteiger partial charge in [-0.05, 0) is 42.7 Å². The van der Waals surface area contributed by atoms with Gasteiger partial charge in [0.25, 0.3) is 11.6 Å². The van der Waals surface area contributed by atoms with Gasteiger partial charge in [-0.15, -0.1) is 0 Å². The normalized spacial score (nSPS) is 15.4. The average molecular weight is 348 g/mol. The lowest BCUT2D eigenvalue weighted by Gasteiger charge is -2.14. The summed E-state index contributed by atoms with van der Waals surface area (Å²) in [6, 6.07) is 16.4. The van der Waals surface area contributed by atoms with Crippen molar-refractivity contribution in [2.45, 2.75) is 26.5 Å². The molecule has 0 saturated heterocycles. The fraction of sp³-hybridized carbons (Fsp3) is 0.238. The van der Waals surface area contributed by atoms with Gasteiger partial charge in [0, 0.05) is 12.3 Å². The van der Waals surface area contributed by atoms with Crippen LogP contribution in [0.2, 0.25) is 0 Å². The zero-order chi connectivity index (χ0) is 18.1. The fourth-order valence-electron chi connectivity index (χ4n) is 3.14. The molecule has 1 aromatic heterocycles. The number of benzene rings is 2. The predicted molar refractivity (Wildman–Crippen MR) is 99.8 cm³/mol. The summed E-state index contributed by atoms with van der Waals surface area (Å²) in [6.07, 6.45) is 1.55. The van der Waals surface area contributed by atoms with E-state index < -0.39 is 0 Å². The maximum Gasteiger partial charge on any atom is 0.300 e. The van der Waals surface area contributed by atoms with Gasteiger partial charge in [-0.3, -0.25) is 9.36 Å². The van der Waals surface area contributed by atoms with Crippen LogP contribution in [0.5, 0.6) is 11.8 Å². The molecule has 0 saturated carbocycles. The number of rotatable bonds is 4. The molecular weight excluding hydrogens is 328 g/mol. The van der Waals surface area contributed by atoms with Gasteiger partial charge in [-0.1, -0.05) is 35.9 Å². The number of hydrogen-bond acceptors (Lipinski definition) is 4. The minimum Gasteiger partial charge on any atom is -0.489 e. The Bertz CT molecular complexity index is 1010. The Morgan fingerprint density at radius 3 is 2.81 bits per heavy atom. The molecule has 2 heterocycles. The lowest BCUT2D eigenvalue weighted by atomic mass is 10.0. The van der Waals surface area contributed by atoms with Gasteiger partial charge in [0.15, 0.2) is 6.10 Å². The van der Waals surface area contributed by atoms with Crippen molar-refractivity contribution in [3.8, 4) is 22.9 Å². The first kappa shape index (κ1) is 16.4. The summed E-state index contributed by atoms with van der Waals surface area (Å²) in [4.78, 5) is 15.2. The molecule has 0 spiro atoms. The van der Waals surface area contributed by atoms with Crippen molar-refractivity contribution in [2.75, 3.05) is 6.61 Å². The van der Waals surface area contributed by atoms with Crippen LogP contribution < -0.4 is 15.0 Å². The quantitative estimate of drug-likeness (QED) is 0.725. The van der Waals surface area contributed by atoms with Gasteiger partial charge in [0.05, 0.1) is 6.54 Å². The van der Waals surface area contributed by atoms with Crippen LogP contribution in [0.25, 0.3) is 11.1 Å². The second-order valence-corrected chi connectivity index (χ2v) is 6.60. The number of aryl methyl sites for hydroxylation is 2. The standard InChI is InChI=1S/C21H20N2O3/c1-14-4-3-5-16(10-14)17-6-7-19(15(2)11-17)25-13-18-12-23-9-8-20(24)22-21(23)26-18/h3-11,18H,12-13H2,1-2H3. The first-order chi connectivity index (χ1) is 12.6. The van der Waals surface area contributed by atoms with Crippen molar-refractivity contribution >= 4 is 0 Å². The summed E-state index contributed by atoms with van der Waals surface area (Å²) in [5.41, 5.74) is 4.40. The minimum absolute atomic E-state index is 0.153. The highest BCUT2D eigenvalue weighted by Crippen LogP contribution is 2.27. The minimum atomic E-state index is -0.291. The molecule has 1 unspecified atom stereocenters. The van der Waals surface area contributed by atoms with E-state index >= 15 is 0 Å². The molecule has 1 atom stereocenters. The lowest BCUT2D eigenvalue weighted by molar-refractivity contribution is 0.143. The van der Waals surface area contributed by atoms with Crippen LogP contribution in [0.3, 0.4) is 0 Å². The predicted octanol–water partition coefficient (Wildman–Crippen LogP) is 3.37. The molecule has 5 heteroatoms. The van der Waals surface area contributed by atoms with E-state index in [2.05, 4.69) is 48.3 Å². The first-order valence-electron chi connectivity index (χ1n) is 8.63. The molecule has 0 bridgehead atoms. The van der Waals surface area contributed by atoms with Gasteiger partial charge in [0.2, 0.25) is 0 Å². The summed E-state index contributed by atoms with van der Waals surface area (Å²) in [7, 11) is 0. The largest absolute Gasteiger partial charge is 0.489 e. The van der Waals surface area contributed by atoms with Crippen LogP contribution >= 0.6 is 0 Å². The van der Waals surface area contributed by atoms with Crippen LogP contribution in [0, 0.1) is 13.8 Å². The summed E-state index contributed by atoms with van der Waals surface area (Å²) >= 11 is 0. The third-order valence-corrected chi connectivity index (χ3v) is 4.47. The Morgan fingerprint density at radius 2 is 2.00 bits per heavy atom. The molecule has 5 nitrogen and oxygen atoms in total. The van der Waals surface area contributed by atoms with E-state index in [9.17, 15) is 4.79 Å². The Labute approximate surface area is 151 Å². The van der Waals surface area contributed by atoms with E-state index in [1.807, 2.05) is 17.6 Å². The second kappa shape index (κ2) is 6.67. The Kier molecular flexibility index (Phi) is 4.21. The van der Waals surface area contributed by atoms with Gasteiger partial charge in [-0.2, -0.15) is 4.98 Å². The van der Waals surface area contributed by atoms with E-state index in [-0.39, 0.29) is 11.7 Å². The van der Waals surface area contributed by atoms with Crippen molar-refractivity contribution in [3.63, 3.8) is 0 Å². The number of nitrogens with zero attached hydrogens (tertiary/aromatic N) is 2. The van der Waals surface area contributed by atoms with Gasteiger partial charge >= 0.3 is 0 Å². The van der Waals surface area contributed by atoms with E-state index in [1.54, 1.807) is 6.20 Å². The molecule has 4 rings (SSSR count). The molecule has 1 aliphatic rings. The van der Waals surface area contributed by atoms with Crippen LogP contribution in [-0.4, -0.2) is 22.3 Å². The molecule has 0 fully saturated rings. The third-order valence-electron chi connectivity index (χ3n) is 4.47. The smallest absolute Gasteiger partial charge is 0.300 e.